The number of methoxy groups -OCH3 is 2. The fraction of sp³-hybridized carbons (Fsp3) is 0.297. The standard InChI is InChI=1S/C37H40N6O4/c1-4-30(26-13-7-5-8-14-26)38-36(44)35-28-17-11-12-18-29(28)37(45)43(27-15-9-6-10-16-27)31(35)24-41-19-21-42(22-20-41)25-32-39-33(46-2)23-34(40-32)47-3/h5-18,23,30H,4,19-22,24-25H2,1-3H3,(H,38,44)/t30-/m0/s1. The number of para-hydroxylation sites is 1. The summed E-state index contributed by atoms with van der Waals surface area (Å²) in [6, 6.07) is 28.5. The van der Waals surface area contributed by atoms with Crippen LogP contribution in [0.25, 0.3) is 16.5 Å². The van der Waals surface area contributed by atoms with Crippen LogP contribution in [0, 0.1) is 0 Å². The first kappa shape index (κ1) is 31.9. The number of nitrogens with zero attached hydrogens (tertiary/aromatic N) is 5. The summed E-state index contributed by atoms with van der Waals surface area (Å²) < 4.78 is 12.4. The number of carbonyl (C=O) groups excluding carboxylic acids is 1. The van der Waals surface area contributed by atoms with Gasteiger partial charge in [-0.25, -0.2) is 0 Å². The Morgan fingerprint density at radius 3 is 1.94 bits per heavy atom. The molecule has 1 saturated heterocycles. The number of benzene rings is 3. The summed E-state index contributed by atoms with van der Waals surface area (Å²) in [6.07, 6.45) is 0.728. The Bertz CT molecular complexity index is 1870. The molecule has 5 aromatic rings. The Kier molecular flexibility index (Phi) is 9.89. The molecule has 0 unspecified atom stereocenters. The molecule has 0 spiro atoms. The third kappa shape index (κ3) is 7.03. The largest absolute Gasteiger partial charge is 0.481 e. The number of rotatable bonds is 11. The van der Waals surface area contributed by atoms with Gasteiger partial charge < -0.3 is 14.8 Å². The third-order valence-electron chi connectivity index (χ3n) is 8.69. The minimum atomic E-state index is -0.195. The number of aromatic nitrogens is 3. The van der Waals surface area contributed by atoms with Gasteiger partial charge in [0.05, 0.1) is 44.1 Å². The highest BCUT2D eigenvalue weighted by Crippen LogP contribution is 2.26. The van der Waals surface area contributed by atoms with Gasteiger partial charge in [-0.3, -0.25) is 24.0 Å². The van der Waals surface area contributed by atoms with Crippen LogP contribution in [0.2, 0.25) is 0 Å². The number of ether oxygens (including phenoxy) is 2. The van der Waals surface area contributed by atoms with Gasteiger partial charge in [-0.15, -0.1) is 0 Å². The predicted octanol–water partition coefficient (Wildman–Crippen LogP) is 5.00. The maximum atomic E-state index is 14.4. The minimum Gasteiger partial charge on any atom is -0.481 e. The van der Waals surface area contributed by atoms with Gasteiger partial charge in [0.2, 0.25) is 11.8 Å². The van der Waals surface area contributed by atoms with Crippen molar-refractivity contribution in [2.75, 3.05) is 40.4 Å². The number of nitrogens with one attached hydrogen (secondary N) is 1. The van der Waals surface area contributed by atoms with Gasteiger partial charge in [-0.2, -0.15) is 9.97 Å². The molecule has 1 aliphatic heterocycles. The van der Waals surface area contributed by atoms with Crippen LogP contribution in [0.15, 0.2) is 95.8 Å². The van der Waals surface area contributed by atoms with E-state index in [4.69, 9.17) is 9.47 Å². The third-order valence-corrected chi connectivity index (χ3v) is 8.69. The molecular formula is C37H40N6O4. The Morgan fingerprint density at radius 2 is 1.34 bits per heavy atom. The summed E-state index contributed by atoms with van der Waals surface area (Å²) in [5, 5.41) is 4.47. The van der Waals surface area contributed by atoms with Gasteiger partial charge in [0, 0.05) is 49.2 Å². The van der Waals surface area contributed by atoms with Crippen LogP contribution < -0.4 is 20.3 Å². The Morgan fingerprint density at radius 1 is 0.787 bits per heavy atom. The maximum absolute atomic E-state index is 14.4. The zero-order valence-electron chi connectivity index (χ0n) is 27.1. The van der Waals surface area contributed by atoms with E-state index in [9.17, 15) is 9.59 Å². The number of pyridine rings is 1. The van der Waals surface area contributed by atoms with Crippen molar-refractivity contribution in [2.24, 2.45) is 0 Å². The van der Waals surface area contributed by atoms with Crippen molar-refractivity contribution in [2.45, 2.75) is 32.5 Å². The fourth-order valence-corrected chi connectivity index (χ4v) is 6.23. The molecule has 10 heteroatoms. The molecule has 47 heavy (non-hydrogen) atoms. The minimum absolute atomic E-state index is 0.142. The van der Waals surface area contributed by atoms with Gasteiger partial charge in [0.1, 0.15) is 5.82 Å². The molecule has 0 saturated carbocycles. The Labute approximate surface area is 274 Å². The number of hydrogen-bond donors (Lipinski definition) is 1. The van der Waals surface area contributed by atoms with Crippen LogP contribution in [0.5, 0.6) is 11.8 Å². The predicted molar refractivity (Wildman–Crippen MR) is 182 cm³/mol. The van der Waals surface area contributed by atoms with E-state index in [1.807, 2.05) is 78.9 Å². The highest BCUT2D eigenvalue weighted by atomic mass is 16.5. The topological polar surface area (TPSA) is 102 Å². The summed E-state index contributed by atoms with van der Waals surface area (Å²) in [7, 11) is 3.15. The lowest BCUT2D eigenvalue weighted by Crippen LogP contribution is -2.46. The molecule has 1 amide bonds. The quantitative estimate of drug-likeness (QED) is 0.217. The van der Waals surface area contributed by atoms with E-state index in [-0.39, 0.29) is 17.5 Å². The highest BCUT2D eigenvalue weighted by molar-refractivity contribution is 6.08. The van der Waals surface area contributed by atoms with Gasteiger partial charge in [0.25, 0.3) is 11.5 Å². The number of fused-ring (bicyclic) bond motifs is 1. The molecule has 1 atom stereocenters. The van der Waals surface area contributed by atoms with Gasteiger partial charge in [-0.05, 0) is 30.2 Å². The average Bonchev–Trinajstić information content (AvgIpc) is 3.12. The Hall–Kier alpha value is -5.06. The van der Waals surface area contributed by atoms with E-state index in [1.54, 1.807) is 30.9 Å². The fourth-order valence-electron chi connectivity index (χ4n) is 6.23. The van der Waals surface area contributed by atoms with Crippen molar-refractivity contribution in [3.8, 4) is 17.4 Å². The Balaban J connectivity index is 1.34. The summed E-state index contributed by atoms with van der Waals surface area (Å²) in [5.41, 5.74) is 2.83. The molecule has 1 aliphatic rings. The van der Waals surface area contributed by atoms with Gasteiger partial charge in [-0.1, -0.05) is 73.7 Å². The molecule has 2 aromatic heterocycles. The summed E-state index contributed by atoms with van der Waals surface area (Å²) in [5.74, 6) is 1.36. The van der Waals surface area contributed by atoms with Crippen LogP contribution in [-0.4, -0.2) is 70.6 Å². The van der Waals surface area contributed by atoms with Crippen LogP contribution in [0.3, 0.4) is 0 Å². The summed E-state index contributed by atoms with van der Waals surface area (Å²) >= 11 is 0. The SMILES string of the molecule is CC[C@H](NC(=O)c1c(CN2CCN(Cc3nc(OC)cc(OC)n3)CC2)n(-c2ccccc2)c(=O)c2ccccc12)c1ccccc1. The van der Waals surface area contributed by atoms with Crippen molar-refractivity contribution in [3.05, 3.63) is 124 Å². The first-order valence-corrected chi connectivity index (χ1v) is 16.0. The van der Waals surface area contributed by atoms with E-state index in [2.05, 4.69) is 32.0 Å². The smallest absolute Gasteiger partial charge is 0.263 e. The molecule has 1 fully saturated rings. The van der Waals surface area contributed by atoms with Gasteiger partial charge in [0.15, 0.2) is 0 Å². The molecule has 10 nitrogen and oxygen atoms in total. The van der Waals surface area contributed by atoms with Gasteiger partial charge >= 0.3 is 0 Å². The lowest BCUT2D eigenvalue weighted by Gasteiger charge is -2.35. The first-order valence-electron chi connectivity index (χ1n) is 16.0. The van der Waals surface area contributed by atoms with Crippen molar-refractivity contribution < 1.29 is 14.3 Å². The zero-order valence-corrected chi connectivity index (χ0v) is 27.1. The van der Waals surface area contributed by atoms with Crippen LogP contribution in [0.1, 0.15) is 46.8 Å². The number of carbonyl (C=O) groups is 1. The lowest BCUT2D eigenvalue weighted by molar-refractivity contribution is 0.0929. The molecule has 0 radical (unpaired) electrons. The van der Waals surface area contributed by atoms with E-state index in [0.717, 1.165) is 43.9 Å². The van der Waals surface area contributed by atoms with Crippen molar-refractivity contribution >= 4 is 16.7 Å². The van der Waals surface area contributed by atoms with Crippen molar-refractivity contribution in [1.82, 2.24) is 29.7 Å². The molecule has 3 aromatic carbocycles. The summed E-state index contributed by atoms with van der Waals surface area (Å²) in [6.45, 7) is 6.04. The van der Waals surface area contributed by atoms with Crippen LogP contribution in [-0.2, 0) is 13.1 Å². The van der Waals surface area contributed by atoms with Crippen molar-refractivity contribution in [1.29, 1.82) is 0 Å². The lowest BCUT2D eigenvalue weighted by atomic mass is 9.99. The molecule has 3 heterocycles. The van der Waals surface area contributed by atoms with E-state index in [1.165, 1.54) is 0 Å². The normalized spacial score (nSPS) is 14.5. The monoisotopic (exact) mass is 632 g/mol. The van der Waals surface area contributed by atoms with E-state index >= 15 is 0 Å². The molecule has 0 bridgehead atoms. The summed E-state index contributed by atoms with van der Waals surface area (Å²) in [4.78, 5) is 42.2. The van der Waals surface area contributed by atoms with Crippen molar-refractivity contribution in [3.63, 3.8) is 0 Å². The second-order valence-electron chi connectivity index (χ2n) is 11.6. The number of amides is 1. The highest BCUT2D eigenvalue weighted by Gasteiger charge is 2.27. The zero-order chi connectivity index (χ0) is 32.8. The second kappa shape index (κ2) is 14.6. The second-order valence-corrected chi connectivity index (χ2v) is 11.6. The van der Waals surface area contributed by atoms with Crippen LogP contribution in [0.4, 0.5) is 0 Å². The maximum Gasteiger partial charge on any atom is 0.263 e. The van der Waals surface area contributed by atoms with E-state index < -0.39 is 0 Å². The van der Waals surface area contributed by atoms with E-state index in [0.29, 0.717) is 52.7 Å². The number of hydrogen-bond acceptors (Lipinski definition) is 8. The molecule has 1 N–H and O–H groups in total. The molecular weight excluding hydrogens is 592 g/mol. The first-order chi connectivity index (χ1) is 23.0. The molecule has 0 aliphatic carbocycles. The molecule has 242 valence electrons. The molecule has 6 rings (SSSR count). The average molecular weight is 633 g/mol. The van der Waals surface area contributed by atoms with Crippen LogP contribution >= 0.6 is 0 Å². The number of piperazine rings is 1.